The van der Waals surface area contributed by atoms with E-state index in [2.05, 4.69) is 41.5 Å². The van der Waals surface area contributed by atoms with Gasteiger partial charge in [-0.3, -0.25) is 34.2 Å². The number of para-hydroxylation sites is 1. The lowest BCUT2D eigenvalue weighted by atomic mass is 10.0. The van der Waals surface area contributed by atoms with E-state index in [1.54, 1.807) is 32.6 Å². The summed E-state index contributed by atoms with van der Waals surface area (Å²) in [5.41, 5.74) is 3.08. The third-order valence-corrected chi connectivity index (χ3v) is 12.5. The Labute approximate surface area is 357 Å². The number of anilines is 6. The summed E-state index contributed by atoms with van der Waals surface area (Å²) in [7, 11) is -0.983. The van der Waals surface area contributed by atoms with Crippen molar-refractivity contribution in [3.8, 4) is 5.75 Å². The number of rotatable bonds is 16. The second-order valence-electron chi connectivity index (χ2n) is 15.2. The number of carbonyl (C=O) groups excluding carboxylic acids is 5. The molecule has 0 bridgehead atoms. The third kappa shape index (κ3) is 9.96. The number of benzene rings is 3. The largest absolute Gasteiger partial charge is 0.494 e. The van der Waals surface area contributed by atoms with Gasteiger partial charge in [-0.1, -0.05) is 29.8 Å². The molecule has 1 unspecified atom stereocenters. The average molecular weight is 872 g/mol. The van der Waals surface area contributed by atoms with Crippen molar-refractivity contribution in [2.24, 2.45) is 0 Å². The van der Waals surface area contributed by atoms with Crippen LogP contribution in [0.25, 0.3) is 0 Å². The number of amides is 5. The van der Waals surface area contributed by atoms with Crippen LogP contribution < -0.4 is 41.5 Å². The molecule has 2 fully saturated rings. The van der Waals surface area contributed by atoms with E-state index in [9.17, 15) is 28.5 Å². The number of piperidine rings is 2. The Morgan fingerprint density at radius 3 is 2.46 bits per heavy atom. The Morgan fingerprint density at radius 1 is 0.934 bits per heavy atom. The van der Waals surface area contributed by atoms with Crippen LogP contribution in [-0.2, 0) is 23.7 Å². The summed E-state index contributed by atoms with van der Waals surface area (Å²) < 4.78 is 24.3. The Morgan fingerprint density at radius 2 is 1.70 bits per heavy atom. The van der Waals surface area contributed by atoms with Crippen LogP contribution >= 0.6 is 18.7 Å². The number of halogens is 1. The first-order valence-electron chi connectivity index (χ1n) is 19.9. The second kappa shape index (κ2) is 18.7. The van der Waals surface area contributed by atoms with Crippen LogP contribution in [0.15, 0.2) is 66.9 Å². The predicted octanol–water partition coefficient (Wildman–Crippen LogP) is 4.88. The minimum Gasteiger partial charge on any atom is -0.494 e. The van der Waals surface area contributed by atoms with E-state index in [0.717, 1.165) is 36.5 Å². The van der Waals surface area contributed by atoms with E-state index in [0.29, 0.717) is 51.4 Å². The normalized spacial score (nSPS) is 16.9. The topological polar surface area (TPSA) is 213 Å². The van der Waals surface area contributed by atoms with Gasteiger partial charge >= 0.3 is 0 Å². The zero-order valence-electron chi connectivity index (χ0n) is 34.0. The monoisotopic (exact) mass is 871 g/mol. The van der Waals surface area contributed by atoms with E-state index >= 15 is 0 Å². The lowest BCUT2D eigenvalue weighted by Crippen LogP contribution is -2.54. The van der Waals surface area contributed by atoms with Crippen molar-refractivity contribution in [3.63, 3.8) is 0 Å². The summed E-state index contributed by atoms with van der Waals surface area (Å²) >= 11 is 6.45. The van der Waals surface area contributed by atoms with Gasteiger partial charge in [-0.2, -0.15) is 4.98 Å². The molecule has 5 amide bonds. The van der Waals surface area contributed by atoms with Gasteiger partial charge in [0.15, 0.2) is 5.82 Å². The fourth-order valence-electron chi connectivity index (χ4n) is 7.56. The number of imide groups is 2. The van der Waals surface area contributed by atoms with Gasteiger partial charge in [0.05, 0.1) is 49.0 Å². The zero-order chi connectivity index (χ0) is 43.3. The molecule has 61 heavy (non-hydrogen) atoms. The minimum atomic E-state index is -2.57. The smallest absolute Gasteiger partial charge is 0.264 e. The highest BCUT2D eigenvalue weighted by molar-refractivity contribution is 7.70. The molecule has 17 nitrogen and oxygen atoms in total. The zero-order valence-corrected chi connectivity index (χ0v) is 35.6. The fourth-order valence-corrected chi connectivity index (χ4v) is 8.85. The van der Waals surface area contributed by atoms with E-state index in [-0.39, 0.29) is 55.6 Å². The molecular formula is C42H47ClN9O8P. The lowest BCUT2D eigenvalue weighted by molar-refractivity contribution is -0.136. The molecule has 5 N–H and O–H groups in total. The number of hydrogen-bond donors (Lipinski definition) is 5. The van der Waals surface area contributed by atoms with Crippen LogP contribution in [-0.4, -0.2) is 110 Å². The maximum absolute atomic E-state index is 13.3. The summed E-state index contributed by atoms with van der Waals surface area (Å²) in [4.78, 5) is 75.2. The highest BCUT2D eigenvalue weighted by Gasteiger charge is 2.45. The molecule has 1 aromatic heterocycles. The Kier molecular flexibility index (Phi) is 13.2. The summed E-state index contributed by atoms with van der Waals surface area (Å²) in [5.74, 6) is -1.13. The van der Waals surface area contributed by atoms with Crippen molar-refractivity contribution in [1.82, 2.24) is 25.5 Å². The van der Waals surface area contributed by atoms with Gasteiger partial charge in [0.1, 0.15) is 24.0 Å². The number of nitrogens with zero attached hydrogens (tertiary/aromatic N) is 4. The highest BCUT2D eigenvalue weighted by atomic mass is 35.5. The van der Waals surface area contributed by atoms with Gasteiger partial charge < -0.3 is 40.2 Å². The van der Waals surface area contributed by atoms with E-state index < -0.39 is 36.8 Å². The molecule has 3 aliphatic heterocycles. The Bertz CT molecular complexity index is 2400. The summed E-state index contributed by atoms with van der Waals surface area (Å²) in [5, 5.41) is 15.9. The summed E-state index contributed by atoms with van der Waals surface area (Å²) in [6, 6.07) is 17.0. The van der Waals surface area contributed by atoms with E-state index in [4.69, 9.17) is 21.1 Å². The maximum Gasteiger partial charge on any atom is 0.264 e. The number of nitrogens with one attached hydrogen (secondary N) is 5. The van der Waals surface area contributed by atoms with Crippen LogP contribution in [0.3, 0.4) is 0 Å². The number of ether oxygens (including phenoxy) is 2. The molecule has 0 spiro atoms. The molecule has 4 heterocycles. The number of aromatic nitrogens is 2. The molecule has 3 aliphatic rings. The van der Waals surface area contributed by atoms with Crippen molar-refractivity contribution in [2.45, 2.75) is 44.2 Å². The average Bonchev–Trinajstić information content (AvgIpc) is 3.49. The first-order valence-corrected chi connectivity index (χ1v) is 22.9. The van der Waals surface area contributed by atoms with Crippen molar-refractivity contribution < 1.29 is 38.0 Å². The molecule has 7 rings (SSSR count). The highest BCUT2D eigenvalue weighted by Crippen LogP contribution is 2.39. The molecule has 2 saturated heterocycles. The number of methoxy groups -OCH3 is 1. The molecule has 3 aromatic carbocycles. The molecule has 0 radical (unpaired) electrons. The molecule has 0 saturated carbocycles. The molecule has 1 atom stereocenters. The number of fused-ring (bicyclic) bond motifs is 1. The van der Waals surface area contributed by atoms with Gasteiger partial charge in [0.2, 0.25) is 23.7 Å². The van der Waals surface area contributed by atoms with Gasteiger partial charge in [-0.15, -0.1) is 0 Å². The predicted molar refractivity (Wildman–Crippen MR) is 233 cm³/mol. The summed E-state index contributed by atoms with van der Waals surface area (Å²) in [6.45, 7) is 5.63. The first kappa shape index (κ1) is 43.1. The van der Waals surface area contributed by atoms with E-state index in [1.807, 2.05) is 42.5 Å². The Hall–Kier alpha value is -6.03. The molecule has 4 aromatic rings. The van der Waals surface area contributed by atoms with E-state index in [1.165, 1.54) is 12.3 Å². The van der Waals surface area contributed by atoms with Crippen LogP contribution in [0.1, 0.15) is 52.8 Å². The van der Waals surface area contributed by atoms with Gasteiger partial charge in [-0.05, 0) is 69.0 Å². The molecule has 19 heteroatoms. The van der Waals surface area contributed by atoms with Gasteiger partial charge in [0, 0.05) is 61.3 Å². The van der Waals surface area contributed by atoms with Crippen molar-refractivity contribution in [1.29, 1.82) is 0 Å². The molecular weight excluding hydrogens is 825 g/mol. The van der Waals surface area contributed by atoms with Crippen LogP contribution in [0.5, 0.6) is 5.75 Å². The standard InChI is InChI=1S/C42H47ClN9O8P/c1-59-33-23-26(11-12-29(33)48-42-45-24-28(43)38(50-42)47-30-8-4-5-10-34(30)61(2,3)58)51-19-15-25(16-20-51)46-36(54)17-21-60-22-18-44-31-9-6-7-27-37(31)41(57)52(40(27)56)32-13-14-35(53)49-39(32)55/h4-12,23-25,32,44H,13-22H2,1-3H3,(H,46,54)(H,49,53,55)(H2,45,47,48,50). The number of carbonyl (C=O) groups is 5. The van der Waals surface area contributed by atoms with Gasteiger partial charge in [0.25, 0.3) is 11.8 Å². The summed E-state index contributed by atoms with van der Waals surface area (Å²) in [6.07, 6.45) is 3.31. The van der Waals surface area contributed by atoms with Crippen LogP contribution in [0, 0.1) is 0 Å². The van der Waals surface area contributed by atoms with Gasteiger partial charge in [-0.25, -0.2) is 4.98 Å². The lowest BCUT2D eigenvalue weighted by Gasteiger charge is -2.34. The van der Waals surface area contributed by atoms with Crippen molar-refractivity contribution in [2.75, 3.05) is 74.1 Å². The first-order chi connectivity index (χ1) is 29.3. The SMILES string of the molecule is COc1cc(N2CCC(NC(=O)CCOCCNc3cccc4c3C(=O)N(C3CCC(=O)NC3=O)C4=O)CC2)ccc1Nc1ncc(Cl)c(Nc2ccccc2P(C)(C)=O)n1. The molecule has 320 valence electrons. The fraction of sp³-hybridized carbons (Fsp3) is 0.357. The number of hydrogen-bond acceptors (Lipinski definition) is 14. The van der Waals surface area contributed by atoms with Crippen molar-refractivity contribution in [3.05, 3.63) is 83.0 Å². The minimum absolute atomic E-state index is 0.0202. The molecule has 0 aliphatic carbocycles. The van der Waals surface area contributed by atoms with Crippen molar-refractivity contribution >= 4 is 88.1 Å². The van der Waals surface area contributed by atoms with Crippen LogP contribution in [0.4, 0.5) is 34.5 Å². The maximum atomic E-state index is 13.3. The third-order valence-electron chi connectivity index (χ3n) is 10.6. The Balaban J connectivity index is 0.840. The second-order valence-corrected chi connectivity index (χ2v) is 18.8. The quantitative estimate of drug-likeness (QED) is 0.0577. The van der Waals surface area contributed by atoms with Crippen LogP contribution in [0.2, 0.25) is 5.02 Å².